The second kappa shape index (κ2) is 9.14. The average molecular weight is 372 g/mol. The molecule has 1 aliphatic rings. The van der Waals surface area contributed by atoms with Crippen LogP contribution in [0.25, 0.3) is 0 Å². The van der Waals surface area contributed by atoms with E-state index in [1.54, 1.807) is 11.3 Å². The van der Waals surface area contributed by atoms with Crippen LogP contribution < -0.4 is 10.6 Å². The Morgan fingerprint density at radius 3 is 2.85 bits per heavy atom. The van der Waals surface area contributed by atoms with Gasteiger partial charge in [0.05, 0.1) is 5.01 Å². The smallest absolute Gasteiger partial charge is 0.191 e. The molecule has 1 aliphatic heterocycles. The molecule has 6 heteroatoms. The normalized spacial score (nSPS) is 21.1. The van der Waals surface area contributed by atoms with E-state index < -0.39 is 0 Å². The predicted molar refractivity (Wildman–Crippen MR) is 110 cm³/mol. The SMILES string of the molecule is CN=C(NCCc1ncc(C)s1)NC1CC(C)N(Cc2ccccc2)C1. The molecule has 2 aromatic rings. The molecule has 0 amide bonds. The maximum absolute atomic E-state index is 4.41. The lowest BCUT2D eigenvalue weighted by Gasteiger charge is -2.21. The van der Waals surface area contributed by atoms with Gasteiger partial charge in [-0.3, -0.25) is 9.89 Å². The molecule has 3 rings (SSSR count). The Balaban J connectivity index is 1.45. The number of nitrogens with zero attached hydrogens (tertiary/aromatic N) is 3. The highest BCUT2D eigenvalue weighted by Gasteiger charge is 2.29. The molecule has 2 unspecified atom stereocenters. The van der Waals surface area contributed by atoms with Crippen molar-refractivity contribution in [2.24, 2.45) is 4.99 Å². The molecule has 140 valence electrons. The van der Waals surface area contributed by atoms with Crippen LogP contribution in [0.5, 0.6) is 0 Å². The van der Waals surface area contributed by atoms with Crippen molar-refractivity contribution in [2.75, 3.05) is 20.1 Å². The first-order valence-corrected chi connectivity index (χ1v) is 10.1. The number of rotatable bonds is 6. The highest BCUT2D eigenvalue weighted by molar-refractivity contribution is 7.11. The van der Waals surface area contributed by atoms with Crippen LogP contribution in [-0.4, -0.2) is 48.1 Å². The molecule has 0 saturated carbocycles. The van der Waals surface area contributed by atoms with Crippen LogP contribution in [0.1, 0.15) is 28.8 Å². The van der Waals surface area contributed by atoms with E-state index in [-0.39, 0.29) is 0 Å². The Bertz CT molecular complexity index is 712. The van der Waals surface area contributed by atoms with Gasteiger partial charge in [0.25, 0.3) is 0 Å². The number of thiazole rings is 1. The average Bonchev–Trinajstić information content (AvgIpc) is 3.20. The third kappa shape index (κ3) is 5.29. The van der Waals surface area contributed by atoms with E-state index in [2.05, 4.69) is 69.7 Å². The zero-order valence-electron chi connectivity index (χ0n) is 15.9. The predicted octanol–water partition coefficient (Wildman–Crippen LogP) is 2.82. The van der Waals surface area contributed by atoms with Gasteiger partial charge in [0, 0.05) is 56.3 Å². The molecule has 1 aromatic carbocycles. The summed E-state index contributed by atoms with van der Waals surface area (Å²) < 4.78 is 0. The Hall–Kier alpha value is -1.92. The van der Waals surface area contributed by atoms with Crippen LogP contribution >= 0.6 is 11.3 Å². The number of aryl methyl sites for hydroxylation is 1. The summed E-state index contributed by atoms with van der Waals surface area (Å²) >= 11 is 1.76. The van der Waals surface area contributed by atoms with Crippen molar-refractivity contribution >= 4 is 17.3 Å². The van der Waals surface area contributed by atoms with Gasteiger partial charge in [-0.2, -0.15) is 0 Å². The second-order valence-electron chi connectivity index (χ2n) is 6.95. The zero-order valence-corrected chi connectivity index (χ0v) is 16.7. The molecule has 2 atom stereocenters. The summed E-state index contributed by atoms with van der Waals surface area (Å²) in [7, 11) is 1.84. The molecule has 1 aromatic heterocycles. The number of aliphatic imine (C=N–C) groups is 1. The minimum absolute atomic E-state index is 0.432. The molecule has 2 heterocycles. The first-order chi connectivity index (χ1) is 12.6. The van der Waals surface area contributed by atoms with Gasteiger partial charge in [0.15, 0.2) is 5.96 Å². The van der Waals surface area contributed by atoms with Gasteiger partial charge < -0.3 is 10.6 Å². The second-order valence-corrected chi connectivity index (χ2v) is 8.27. The number of benzene rings is 1. The lowest BCUT2D eigenvalue weighted by atomic mass is 10.2. The molecular weight excluding hydrogens is 342 g/mol. The van der Waals surface area contributed by atoms with Crippen LogP contribution in [0.15, 0.2) is 41.5 Å². The minimum atomic E-state index is 0.432. The molecule has 1 saturated heterocycles. The molecule has 0 radical (unpaired) electrons. The van der Waals surface area contributed by atoms with Crippen molar-refractivity contribution in [3.05, 3.63) is 52.0 Å². The van der Waals surface area contributed by atoms with Gasteiger partial charge in [-0.05, 0) is 25.8 Å². The van der Waals surface area contributed by atoms with Crippen LogP contribution in [0.3, 0.4) is 0 Å². The summed E-state index contributed by atoms with van der Waals surface area (Å²) in [5.74, 6) is 0.886. The quantitative estimate of drug-likeness (QED) is 0.606. The van der Waals surface area contributed by atoms with Gasteiger partial charge in [-0.1, -0.05) is 30.3 Å². The number of guanidine groups is 1. The van der Waals surface area contributed by atoms with Crippen molar-refractivity contribution < 1.29 is 0 Å². The summed E-state index contributed by atoms with van der Waals surface area (Å²) in [5.41, 5.74) is 1.38. The monoisotopic (exact) mass is 371 g/mol. The third-order valence-corrected chi connectivity index (χ3v) is 5.77. The first-order valence-electron chi connectivity index (χ1n) is 9.30. The zero-order chi connectivity index (χ0) is 18.4. The number of aromatic nitrogens is 1. The molecule has 0 aliphatic carbocycles. The fraction of sp³-hybridized carbons (Fsp3) is 0.500. The minimum Gasteiger partial charge on any atom is -0.356 e. The van der Waals surface area contributed by atoms with Crippen LogP contribution in [0.2, 0.25) is 0 Å². The van der Waals surface area contributed by atoms with Gasteiger partial charge in [-0.25, -0.2) is 4.98 Å². The Morgan fingerprint density at radius 2 is 2.15 bits per heavy atom. The van der Waals surface area contributed by atoms with E-state index in [0.29, 0.717) is 12.1 Å². The van der Waals surface area contributed by atoms with Crippen molar-refractivity contribution in [2.45, 2.75) is 45.3 Å². The lowest BCUT2D eigenvalue weighted by molar-refractivity contribution is 0.258. The molecule has 26 heavy (non-hydrogen) atoms. The van der Waals surface area contributed by atoms with Crippen molar-refractivity contribution in [3.63, 3.8) is 0 Å². The first kappa shape index (κ1) is 18.9. The maximum Gasteiger partial charge on any atom is 0.191 e. The summed E-state index contributed by atoms with van der Waals surface area (Å²) in [6, 6.07) is 11.7. The summed E-state index contributed by atoms with van der Waals surface area (Å²) in [6.07, 6.45) is 4.01. The van der Waals surface area contributed by atoms with E-state index in [4.69, 9.17) is 0 Å². The summed E-state index contributed by atoms with van der Waals surface area (Å²) in [5, 5.41) is 8.18. The van der Waals surface area contributed by atoms with Crippen molar-refractivity contribution in [1.82, 2.24) is 20.5 Å². The fourth-order valence-electron chi connectivity index (χ4n) is 3.43. The topological polar surface area (TPSA) is 52.6 Å². The Labute approximate surface area is 160 Å². The number of likely N-dealkylation sites (tertiary alicyclic amines) is 1. The summed E-state index contributed by atoms with van der Waals surface area (Å²) in [6.45, 7) is 7.31. The Kier molecular flexibility index (Phi) is 6.63. The number of nitrogens with one attached hydrogen (secondary N) is 2. The van der Waals surface area contributed by atoms with Gasteiger partial charge in [-0.15, -0.1) is 11.3 Å². The third-order valence-electron chi connectivity index (χ3n) is 4.80. The molecule has 1 fully saturated rings. The van der Waals surface area contributed by atoms with Gasteiger partial charge in [0.1, 0.15) is 0 Å². The standard InChI is InChI=1S/C20H29N5S/c1-15-11-18(14-25(15)13-17-7-5-4-6-8-17)24-20(21-3)22-10-9-19-23-12-16(2)26-19/h4-8,12,15,18H,9-11,13-14H2,1-3H3,(H2,21,22,24). The van der Waals surface area contributed by atoms with E-state index >= 15 is 0 Å². The van der Waals surface area contributed by atoms with Crippen LogP contribution in [0, 0.1) is 6.92 Å². The molecule has 0 spiro atoms. The fourth-order valence-corrected chi connectivity index (χ4v) is 4.22. The van der Waals surface area contributed by atoms with Crippen molar-refractivity contribution in [3.8, 4) is 0 Å². The Morgan fingerprint density at radius 1 is 1.35 bits per heavy atom. The van der Waals surface area contributed by atoms with Gasteiger partial charge in [0.2, 0.25) is 0 Å². The number of hydrogen-bond donors (Lipinski definition) is 2. The van der Waals surface area contributed by atoms with Crippen LogP contribution in [-0.2, 0) is 13.0 Å². The van der Waals surface area contributed by atoms with E-state index in [1.165, 1.54) is 15.4 Å². The highest BCUT2D eigenvalue weighted by atomic mass is 32.1. The summed E-state index contributed by atoms with van der Waals surface area (Å²) in [4.78, 5) is 12.6. The molecule has 2 N–H and O–H groups in total. The largest absolute Gasteiger partial charge is 0.356 e. The van der Waals surface area contributed by atoms with Gasteiger partial charge >= 0.3 is 0 Å². The van der Waals surface area contributed by atoms with E-state index in [9.17, 15) is 0 Å². The molecular formula is C20H29N5S. The highest BCUT2D eigenvalue weighted by Crippen LogP contribution is 2.20. The maximum atomic E-state index is 4.41. The number of hydrogen-bond acceptors (Lipinski definition) is 4. The van der Waals surface area contributed by atoms with E-state index in [1.807, 2.05) is 13.2 Å². The van der Waals surface area contributed by atoms with E-state index in [0.717, 1.165) is 38.4 Å². The molecule has 0 bridgehead atoms. The van der Waals surface area contributed by atoms with Crippen LogP contribution in [0.4, 0.5) is 0 Å². The molecule has 5 nitrogen and oxygen atoms in total. The van der Waals surface area contributed by atoms with Crippen molar-refractivity contribution in [1.29, 1.82) is 0 Å². The lowest BCUT2D eigenvalue weighted by Crippen LogP contribution is -2.45.